The summed E-state index contributed by atoms with van der Waals surface area (Å²) in [6.45, 7) is 0. The highest BCUT2D eigenvalue weighted by Crippen LogP contribution is 2.49. The molecule has 0 spiro atoms. The number of carbonyl (C=O) groups excluding carboxylic acids is 2. The van der Waals surface area contributed by atoms with E-state index in [9.17, 15) is 9.59 Å². The van der Waals surface area contributed by atoms with Crippen molar-refractivity contribution in [2.75, 3.05) is 0 Å². The molecule has 4 atom stereocenters. The standard InChI is InChI=1S/C17H15IN2O2/c18-13-4-2-1-3-12(13)9-19-20-16(21)14-10-5-6-11(8-7-10)15(14)17(20)22/h1-6,9-11,14-15H,7-8H2/b19-9-/t10-,11+,14-,15+. The molecule has 1 heterocycles. The van der Waals surface area contributed by atoms with E-state index >= 15 is 0 Å². The summed E-state index contributed by atoms with van der Waals surface area (Å²) in [5.41, 5.74) is 0.916. The van der Waals surface area contributed by atoms with E-state index in [0.29, 0.717) is 0 Å². The molecular weight excluding hydrogens is 391 g/mol. The maximum absolute atomic E-state index is 12.6. The van der Waals surface area contributed by atoms with Crippen LogP contribution in [0.2, 0.25) is 0 Å². The summed E-state index contributed by atoms with van der Waals surface area (Å²) < 4.78 is 1.04. The van der Waals surface area contributed by atoms with Gasteiger partial charge in [-0.2, -0.15) is 10.1 Å². The Labute approximate surface area is 142 Å². The zero-order chi connectivity index (χ0) is 15.3. The number of hydrogen-bond donors (Lipinski definition) is 0. The Balaban J connectivity index is 1.63. The highest BCUT2D eigenvalue weighted by Gasteiger charge is 2.56. The third-order valence-electron chi connectivity index (χ3n) is 4.95. The Hall–Kier alpha value is -1.50. The van der Waals surface area contributed by atoms with Gasteiger partial charge in [-0.15, -0.1) is 0 Å². The van der Waals surface area contributed by atoms with E-state index in [1.807, 2.05) is 24.3 Å². The van der Waals surface area contributed by atoms with E-state index in [0.717, 1.165) is 27.0 Å². The van der Waals surface area contributed by atoms with Crippen LogP contribution in [0, 0.1) is 27.2 Å². The Morgan fingerprint density at radius 3 is 2.18 bits per heavy atom. The topological polar surface area (TPSA) is 49.7 Å². The van der Waals surface area contributed by atoms with Crippen LogP contribution in [0.15, 0.2) is 41.5 Å². The molecule has 4 nitrogen and oxygen atoms in total. The lowest BCUT2D eigenvalue weighted by Crippen LogP contribution is -2.38. The van der Waals surface area contributed by atoms with Gasteiger partial charge >= 0.3 is 0 Å². The van der Waals surface area contributed by atoms with Crippen LogP contribution < -0.4 is 0 Å². The fourth-order valence-corrected chi connectivity index (χ4v) is 4.40. The minimum Gasteiger partial charge on any atom is -0.272 e. The van der Waals surface area contributed by atoms with Crippen molar-refractivity contribution in [1.29, 1.82) is 0 Å². The van der Waals surface area contributed by atoms with Crippen LogP contribution in [-0.2, 0) is 9.59 Å². The van der Waals surface area contributed by atoms with Crippen LogP contribution in [-0.4, -0.2) is 23.0 Å². The van der Waals surface area contributed by atoms with E-state index in [1.165, 1.54) is 0 Å². The van der Waals surface area contributed by atoms with E-state index in [-0.39, 0.29) is 35.5 Å². The van der Waals surface area contributed by atoms with Crippen molar-refractivity contribution in [3.05, 3.63) is 45.6 Å². The van der Waals surface area contributed by atoms with Gasteiger partial charge < -0.3 is 0 Å². The molecule has 5 heteroatoms. The second-order valence-electron chi connectivity index (χ2n) is 6.10. The molecule has 2 fully saturated rings. The van der Waals surface area contributed by atoms with Crippen molar-refractivity contribution >= 4 is 40.6 Å². The quantitative estimate of drug-likeness (QED) is 0.328. The smallest absolute Gasteiger partial charge is 0.254 e. The monoisotopic (exact) mass is 406 g/mol. The molecule has 0 N–H and O–H groups in total. The Morgan fingerprint density at radius 2 is 1.64 bits per heavy atom. The van der Waals surface area contributed by atoms with E-state index in [2.05, 4.69) is 39.8 Å². The van der Waals surface area contributed by atoms with Gasteiger partial charge in [-0.3, -0.25) is 9.59 Å². The molecule has 1 aromatic carbocycles. The fourth-order valence-electron chi connectivity index (χ4n) is 3.87. The molecule has 1 saturated heterocycles. The minimum atomic E-state index is -0.191. The van der Waals surface area contributed by atoms with E-state index < -0.39 is 0 Å². The van der Waals surface area contributed by atoms with Crippen molar-refractivity contribution in [3.63, 3.8) is 0 Å². The van der Waals surface area contributed by atoms with Gasteiger partial charge in [0.15, 0.2) is 0 Å². The van der Waals surface area contributed by atoms with Crippen molar-refractivity contribution in [1.82, 2.24) is 5.01 Å². The van der Waals surface area contributed by atoms with Crippen molar-refractivity contribution in [3.8, 4) is 0 Å². The van der Waals surface area contributed by atoms with Crippen molar-refractivity contribution < 1.29 is 9.59 Å². The second kappa shape index (κ2) is 5.30. The lowest BCUT2D eigenvalue weighted by Gasteiger charge is -2.37. The second-order valence-corrected chi connectivity index (χ2v) is 7.26. The van der Waals surface area contributed by atoms with Gasteiger partial charge in [0.25, 0.3) is 11.8 Å². The number of amides is 2. The van der Waals surface area contributed by atoms with E-state index in [1.54, 1.807) is 6.21 Å². The number of carbonyl (C=O) groups is 2. The summed E-state index contributed by atoms with van der Waals surface area (Å²) in [6.07, 6.45) is 7.87. The highest BCUT2D eigenvalue weighted by molar-refractivity contribution is 14.1. The first-order chi connectivity index (χ1) is 10.7. The summed E-state index contributed by atoms with van der Waals surface area (Å²) in [6, 6.07) is 7.76. The zero-order valence-corrected chi connectivity index (χ0v) is 14.0. The predicted octanol–water partition coefficient (Wildman–Crippen LogP) is 2.82. The molecule has 4 aliphatic rings. The Kier molecular flexibility index (Phi) is 3.40. The van der Waals surface area contributed by atoms with Crippen LogP contribution in [0.1, 0.15) is 18.4 Å². The fraction of sp³-hybridized carbons (Fsp3) is 0.353. The van der Waals surface area contributed by atoms with Crippen LogP contribution in [0.25, 0.3) is 0 Å². The van der Waals surface area contributed by atoms with Gasteiger partial charge in [0, 0.05) is 9.13 Å². The number of fused-ring (bicyclic) bond motifs is 1. The average Bonchev–Trinajstić information content (AvgIpc) is 2.82. The molecule has 1 aromatic rings. The largest absolute Gasteiger partial charge is 0.272 e. The third kappa shape index (κ3) is 2.06. The first-order valence-corrected chi connectivity index (χ1v) is 8.59. The third-order valence-corrected chi connectivity index (χ3v) is 5.94. The first kappa shape index (κ1) is 14.1. The van der Waals surface area contributed by atoms with Crippen LogP contribution in [0.5, 0.6) is 0 Å². The molecule has 112 valence electrons. The maximum Gasteiger partial charge on any atom is 0.254 e. The number of nitrogens with zero attached hydrogens (tertiary/aromatic N) is 2. The number of imide groups is 1. The maximum atomic E-state index is 12.6. The molecular formula is C17H15IN2O2. The Morgan fingerprint density at radius 1 is 1.05 bits per heavy atom. The van der Waals surface area contributed by atoms with Gasteiger partial charge in [0.05, 0.1) is 18.1 Å². The van der Waals surface area contributed by atoms with Crippen molar-refractivity contribution in [2.45, 2.75) is 12.8 Å². The molecule has 1 saturated carbocycles. The van der Waals surface area contributed by atoms with Crippen LogP contribution >= 0.6 is 22.6 Å². The lowest BCUT2D eigenvalue weighted by molar-refractivity contribution is -0.140. The SMILES string of the molecule is O=C1[C@@H]2[C@H](C(=O)N1/N=C\c1ccccc1I)[C@@H]1C=C[C@H]2CC1. The van der Waals surface area contributed by atoms with Crippen LogP contribution in [0.4, 0.5) is 0 Å². The summed E-state index contributed by atoms with van der Waals surface area (Å²) in [5, 5.41) is 5.32. The van der Waals surface area contributed by atoms with Crippen LogP contribution in [0.3, 0.4) is 0 Å². The molecule has 2 amide bonds. The number of allylic oxidation sites excluding steroid dienone is 2. The molecule has 3 aliphatic carbocycles. The van der Waals surface area contributed by atoms with Crippen molar-refractivity contribution in [2.24, 2.45) is 28.8 Å². The number of halogens is 1. The summed E-state index contributed by atoms with van der Waals surface area (Å²) in [4.78, 5) is 25.2. The number of benzene rings is 1. The molecule has 0 radical (unpaired) electrons. The number of hydrogen-bond acceptors (Lipinski definition) is 3. The van der Waals surface area contributed by atoms with E-state index in [4.69, 9.17) is 0 Å². The average molecular weight is 406 g/mol. The van der Waals surface area contributed by atoms with Gasteiger partial charge in [-0.25, -0.2) is 0 Å². The molecule has 1 aliphatic heterocycles. The minimum absolute atomic E-state index is 0.128. The zero-order valence-electron chi connectivity index (χ0n) is 11.9. The number of rotatable bonds is 2. The normalized spacial score (nSPS) is 33.0. The number of hydrazone groups is 1. The molecule has 0 aromatic heterocycles. The van der Waals surface area contributed by atoms with Gasteiger partial charge in [0.1, 0.15) is 0 Å². The molecule has 22 heavy (non-hydrogen) atoms. The van der Waals surface area contributed by atoms with Gasteiger partial charge in [-0.1, -0.05) is 30.4 Å². The molecule has 5 rings (SSSR count). The molecule has 0 unspecified atom stereocenters. The lowest BCUT2D eigenvalue weighted by atomic mass is 9.63. The Bertz CT molecular complexity index is 680. The predicted molar refractivity (Wildman–Crippen MR) is 90.9 cm³/mol. The highest BCUT2D eigenvalue weighted by atomic mass is 127. The molecule has 2 bridgehead atoms. The van der Waals surface area contributed by atoms with Gasteiger partial charge in [-0.05, 0) is 53.3 Å². The van der Waals surface area contributed by atoms with Gasteiger partial charge in [0.2, 0.25) is 0 Å². The first-order valence-electron chi connectivity index (χ1n) is 7.51. The summed E-state index contributed by atoms with van der Waals surface area (Å²) >= 11 is 2.22. The summed E-state index contributed by atoms with van der Waals surface area (Å²) in [5.74, 6) is -0.217. The summed E-state index contributed by atoms with van der Waals surface area (Å²) in [7, 11) is 0.